The van der Waals surface area contributed by atoms with Gasteiger partial charge in [0, 0.05) is 37.9 Å². The van der Waals surface area contributed by atoms with Crippen molar-refractivity contribution in [3.05, 3.63) is 24.3 Å². The second-order valence-corrected chi connectivity index (χ2v) is 7.97. The van der Waals surface area contributed by atoms with E-state index >= 15 is 0 Å². The summed E-state index contributed by atoms with van der Waals surface area (Å²) in [5.41, 5.74) is 2.13. The number of nitrogens with zero attached hydrogens (tertiary/aromatic N) is 4. The normalized spacial score (nSPS) is 10.8. The third kappa shape index (κ3) is 6.49. The highest BCUT2D eigenvalue weighted by Gasteiger charge is 2.14. The third-order valence-corrected chi connectivity index (χ3v) is 5.37. The van der Waals surface area contributed by atoms with Crippen LogP contribution in [0.2, 0.25) is 0 Å². The first-order chi connectivity index (χ1) is 13.8. The summed E-state index contributed by atoms with van der Waals surface area (Å²) in [5, 5.41) is 14.0. The van der Waals surface area contributed by atoms with Crippen molar-refractivity contribution in [2.24, 2.45) is 13.0 Å². The van der Waals surface area contributed by atoms with E-state index in [9.17, 15) is 9.59 Å². The number of benzene rings is 1. The lowest BCUT2D eigenvalue weighted by Gasteiger charge is -2.21. The van der Waals surface area contributed by atoms with Gasteiger partial charge in [-0.1, -0.05) is 25.6 Å². The van der Waals surface area contributed by atoms with Crippen LogP contribution in [0.15, 0.2) is 29.4 Å². The van der Waals surface area contributed by atoms with Crippen LogP contribution in [0.25, 0.3) is 11.4 Å². The highest BCUT2D eigenvalue weighted by molar-refractivity contribution is 7.99. The molecule has 1 aromatic carbocycles. The van der Waals surface area contributed by atoms with E-state index in [2.05, 4.69) is 51.7 Å². The summed E-state index contributed by atoms with van der Waals surface area (Å²) in [6.07, 6.45) is 0. The lowest BCUT2D eigenvalue weighted by molar-refractivity contribution is -0.117. The Morgan fingerprint density at radius 3 is 2.38 bits per heavy atom. The van der Waals surface area contributed by atoms with Crippen LogP contribution in [-0.2, 0) is 11.8 Å². The Labute approximate surface area is 176 Å². The van der Waals surface area contributed by atoms with Gasteiger partial charge in [0.05, 0.1) is 5.75 Å². The van der Waals surface area contributed by atoms with Crippen LogP contribution in [-0.4, -0.2) is 52.1 Å². The number of carbonyl (C=O) groups excluding carboxylic acids is 2. The molecule has 9 heteroatoms. The molecule has 0 unspecified atom stereocenters. The minimum atomic E-state index is -0.476. The van der Waals surface area contributed by atoms with Crippen LogP contribution >= 0.6 is 11.8 Å². The van der Waals surface area contributed by atoms with Crippen molar-refractivity contribution in [1.29, 1.82) is 0 Å². The highest BCUT2D eigenvalue weighted by atomic mass is 32.2. The molecule has 29 heavy (non-hydrogen) atoms. The van der Waals surface area contributed by atoms with Crippen LogP contribution < -0.4 is 15.5 Å². The van der Waals surface area contributed by atoms with Gasteiger partial charge in [0.2, 0.25) is 5.91 Å². The zero-order chi connectivity index (χ0) is 21.4. The van der Waals surface area contributed by atoms with E-state index in [4.69, 9.17) is 0 Å². The molecule has 0 aliphatic rings. The molecule has 8 nitrogen and oxygen atoms in total. The zero-order valence-electron chi connectivity index (χ0n) is 17.7. The average Bonchev–Trinajstić information content (AvgIpc) is 3.07. The van der Waals surface area contributed by atoms with E-state index in [1.54, 1.807) is 0 Å². The first kappa shape index (κ1) is 22.7. The molecule has 0 aliphatic heterocycles. The molecule has 2 rings (SSSR count). The number of hydrogen-bond donors (Lipinski definition) is 2. The fraction of sp³-hybridized carbons (Fsp3) is 0.500. The molecular formula is C20H30N6O2S. The average molecular weight is 419 g/mol. The summed E-state index contributed by atoms with van der Waals surface area (Å²) in [6.45, 7) is 10.7. The van der Waals surface area contributed by atoms with Gasteiger partial charge in [-0.05, 0) is 44.0 Å². The maximum absolute atomic E-state index is 12.0. The summed E-state index contributed by atoms with van der Waals surface area (Å²) in [6, 6.07) is 7.73. The highest BCUT2D eigenvalue weighted by Crippen LogP contribution is 2.24. The topological polar surface area (TPSA) is 92.2 Å². The van der Waals surface area contributed by atoms with E-state index in [1.807, 2.05) is 37.6 Å². The predicted molar refractivity (Wildman–Crippen MR) is 117 cm³/mol. The SMILES string of the molecule is CCN(CC)c1ccc(-c2nnc(SCC(=O)NC(=O)NCC(C)C)n2C)cc1. The van der Waals surface area contributed by atoms with Gasteiger partial charge < -0.3 is 14.8 Å². The van der Waals surface area contributed by atoms with Crippen LogP contribution in [0, 0.1) is 5.92 Å². The zero-order valence-corrected chi connectivity index (χ0v) is 18.5. The Kier molecular flexibility index (Phi) is 8.50. The number of imide groups is 1. The Bertz CT molecular complexity index is 815. The van der Waals surface area contributed by atoms with Gasteiger partial charge in [-0.25, -0.2) is 4.79 Å². The van der Waals surface area contributed by atoms with Crippen molar-refractivity contribution < 1.29 is 9.59 Å². The van der Waals surface area contributed by atoms with E-state index in [0.29, 0.717) is 17.6 Å². The standard InChI is InChI=1S/C20H30N6O2S/c1-6-26(7-2)16-10-8-15(9-11-16)18-23-24-20(25(18)5)29-13-17(27)22-19(28)21-12-14(3)4/h8-11,14H,6-7,12-13H2,1-5H3,(H2,21,22,27,28). The second kappa shape index (κ2) is 10.8. The number of anilines is 1. The van der Waals surface area contributed by atoms with Crippen LogP contribution in [0.5, 0.6) is 0 Å². The van der Waals surface area contributed by atoms with E-state index < -0.39 is 6.03 Å². The lowest BCUT2D eigenvalue weighted by Crippen LogP contribution is -2.41. The molecule has 2 N–H and O–H groups in total. The molecule has 0 fully saturated rings. The molecule has 0 bridgehead atoms. The Balaban J connectivity index is 1.95. The fourth-order valence-corrected chi connectivity index (χ4v) is 3.45. The van der Waals surface area contributed by atoms with Crippen LogP contribution in [0.3, 0.4) is 0 Å². The van der Waals surface area contributed by atoms with Crippen molar-refractivity contribution in [2.75, 3.05) is 30.3 Å². The van der Waals surface area contributed by atoms with Crippen molar-refractivity contribution in [3.63, 3.8) is 0 Å². The molecule has 0 radical (unpaired) electrons. The number of thioether (sulfide) groups is 1. The van der Waals surface area contributed by atoms with Crippen molar-refractivity contribution in [2.45, 2.75) is 32.9 Å². The fourth-order valence-electron chi connectivity index (χ4n) is 2.74. The molecule has 0 spiro atoms. The first-order valence-corrected chi connectivity index (χ1v) is 10.8. The molecule has 0 aliphatic carbocycles. The largest absolute Gasteiger partial charge is 0.372 e. The van der Waals surface area contributed by atoms with Crippen LogP contribution in [0.4, 0.5) is 10.5 Å². The van der Waals surface area contributed by atoms with Crippen molar-refractivity contribution in [3.8, 4) is 11.4 Å². The molecule has 0 atom stereocenters. The lowest BCUT2D eigenvalue weighted by atomic mass is 10.2. The smallest absolute Gasteiger partial charge is 0.321 e. The molecule has 0 saturated carbocycles. The van der Waals surface area contributed by atoms with Gasteiger partial charge in [0.15, 0.2) is 11.0 Å². The van der Waals surface area contributed by atoms with Gasteiger partial charge in [0.25, 0.3) is 0 Å². The number of rotatable bonds is 9. The quantitative estimate of drug-likeness (QED) is 0.609. The predicted octanol–water partition coefficient (Wildman–Crippen LogP) is 2.90. The molecule has 2 aromatic rings. The summed E-state index contributed by atoms with van der Waals surface area (Å²) >= 11 is 1.24. The monoisotopic (exact) mass is 418 g/mol. The summed E-state index contributed by atoms with van der Waals surface area (Å²) in [5.74, 6) is 0.767. The van der Waals surface area contributed by atoms with Gasteiger partial charge in [-0.3, -0.25) is 10.1 Å². The van der Waals surface area contributed by atoms with Crippen molar-refractivity contribution in [1.82, 2.24) is 25.4 Å². The third-order valence-electron chi connectivity index (χ3n) is 4.35. The van der Waals surface area contributed by atoms with Crippen LogP contribution in [0.1, 0.15) is 27.7 Å². The molecular weight excluding hydrogens is 388 g/mol. The molecule has 1 heterocycles. The van der Waals surface area contributed by atoms with E-state index in [-0.39, 0.29) is 11.7 Å². The van der Waals surface area contributed by atoms with Crippen molar-refractivity contribution >= 4 is 29.4 Å². The molecule has 158 valence electrons. The second-order valence-electron chi connectivity index (χ2n) is 7.03. The minimum Gasteiger partial charge on any atom is -0.372 e. The van der Waals surface area contributed by atoms with E-state index in [0.717, 1.165) is 24.5 Å². The Morgan fingerprint density at radius 1 is 1.14 bits per heavy atom. The molecule has 0 saturated heterocycles. The van der Waals surface area contributed by atoms with Gasteiger partial charge >= 0.3 is 6.03 Å². The minimum absolute atomic E-state index is 0.0853. The van der Waals surface area contributed by atoms with Gasteiger partial charge in [-0.15, -0.1) is 10.2 Å². The number of aromatic nitrogens is 3. The summed E-state index contributed by atoms with van der Waals surface area (Å²) in [7, 11) is 1.86. The van der Waals surface area contributed by atoms with Gasteiger partial charge in [-0.2, -0.15) is 0 Å². The number of carbonyl (C=O) groups is 2. The molecule has 3 amide bonds. The van der Waals surface area contributed by atoms with E-state index in [1.165, 1.54) is 17.4 Å². The number of nitrogens with one attached hydrogen (secondary N) is 2. The number of amides is 3. The maximum atomic E-state index is 12.0. The first-order valence-electron chi connectivity index (χ1n) is 9.80. The Hall–Kier alpha value is -2.55. The van der Waals surface area contributed by atoms with Gasteiger partial charge in [0.1, 0.15) is 0 Å². The number of urea groups is 1. The Morgan fingerprint density at radius 2 is 1.79 bits per heavy atom. The maximum Gasteiger partial charge on any atom is 0.321 e. The number of hydrogen-bond acceptors (Lipinski definition) is 6. The molecule has 1 aromatic heterocycles. The summed E-state index contributed by atoms with van der Waals surface area (Å²) in [4.78, 5) is 25.9. The summed E-state index contributed by atoms with van der Waals surface area (Å²) < 4.78 is 1.85.